The number of alkyl halides is 3. The van der Waals surface area contributed by atoms with Crippen LogP contribution in [0.4, 0.5) is 17.6 Å². The lowest BCUT2D eigenvalue weighted by Crippen LogP contribution is -2.22. The second-order valence-electron chi connectivity index (χ2n) is 5.07. The summed E-state index contributed by atoms with van der Waals surface area (Å²) >= 11 is 0. The number of hydrogen-bond acceptors (Lipinski definition) is 2. The quantitative estimate of drug-likeness (QED) is 0.556. The van der Waals surface area contributed by atoms with Crippen molar-refractivity contribution in [1.29, 1.82) is 0 Å². The van der Waals surface area contributed by atoms with Gasteiger partial charge in [-0.2, -0.15) is 13.2 Å². The number of ether oxygens (including phenoxy) is 1. The maximum absolute atomic E-state index is 13.1. The molecule has 1 N–H and O–H groups in total. The summed E-state index contributed by atoms with van der Waals surface area (Å²) < 4.78 is 53.5. The largest absolute Gasteiger partial charge is 0.411 e. The fraction of sp³-hybridized carbons (Fsp3) is 0.600. The highest BCUT2D eigenvalue weighted by atomic mass is 19.4. The zero-order chi connectivity index (χ0) is 15.7. The van der Waals surface area contributed by atoms with Gasteiger partial charge in [0.05, 0.1) is 0 Å². The summed E-state index contributed by atoms with van der Waals surface area (Å²) in [5.41, 5.74) is 0.895. The summed E-state index contributed by atoms with van der Waals surface area (Å²) in [7, 11) is 1.82. The van der Waals surface area contributed by atoms with Crippen LogP contribution in [-0.4, -0.2) is 33.0 Å². The molecule has 0 bridgehead atoms. The molecule has 0 saturated carbocycles. The summed E-state index contributed by atoms with van der Waals surface area (Å²) in [6.45, 7) is -0.383. The molecule has 0 aliphatic rings. The zero-order valence-electron chi connectivity index (χ0n) is 12.0. The first-order valence-electron chi connectivity index (χ1n) is 6.94. The second-order valence-corrected chi connectivity index (χ2v) is 5.07. The molecule has 120 valence electrons. The molecule has 1 unspecified atom stereocenters. The summed E-state index contributed by atoms with van der Waals surface area (Å²) in [5.74, 6) is -0.0319. The van der Waals surface area contributed by atoms with Crippen molar-refractivity contribution < 1.29 is 22.3 Å². The minimum Gasteiger partial charge on any atom is -0.372 e. The van der Waals surface area contributed by atoms with Gasteiger partial charge in [0.2, 0.25) is 0 Å². The monoisotopic (exact) mass is 307 g/mol. The standard InChI is InChI=1S/C15H21F4NO/c1-20-10-13(5-3-7-21-11-15(17,18)19)8-12-4-2-6-14(16)9-12/h2,4,6,9,13,20H,3,5,7-8,10-11H2,1H3. The molecule has 0 spiro atoms. The Morgan fingerprint density at radius 3 is 2.67 bits per heavy atom. The van der Waals surface area contributed by atoms with E-state index in [0.717, 1.165) is 18.5 Å². The molecule has 1 atom stereocenters. The Bertz CT molecular complexity index is 409. The van der Waals surface area contributed by atoms with Gasteiger partial charge in [-0.15, -0.1) is 0 Å². The molecule has 0 heterocycles. The molecule has 0 aromatic heterocycles. The molecule has 0 fully saturated rings. The lowest BCUT2D eigenvalue weighted by molar-refractivity contribution is -0.174. The van der Waals surface area contributed by atoms with Crippen molar-refractivity contribution in [3.05, 3.63) is 35.6 Å². The molecule has 1 aromatic rings. The van der Waals surface area contributed by atoms with Crippen LogP contribution in [0.15, 0.2) is 24.3 Å². The van der Waals surface area contributed by atoms with Crippen LogP contribution in [0, 0.1) is 11.7 Å². The van der Waals surface area contributed by atoms with Gasteiger partial charge in [0.15, 0.2) is 0 Å². The van der Waals surface area contributed by atoms with Gasteiger partial charge in [-0.25, -0.2) is 4.39 Å². The van der Waals surface area contributed by atoms with E-state index in [9.17, 15) is 17.6 Å². The molecule has 1 rings (SSSR count). The second kappa shape index (κ2) is 9.00. The fourth-order valence-electron chi connectivity index (χ4n) is 2.22. The van der Waals surface area contributed by atoms with Gasteiger partial charge in [-0.3, -0.25) is 0 Å². The van der Waals surface area contributed by atoms with E-state index in [1.165, 1.54) is 12.1 Å². The summed E-state index contributed by atoms with van der Waals surface area (Å²) in [4.78, 5) is 0. The first-order valence-corrected chi connectivity index (χ1v) is 6.94. The van der Waals surface area contributed by atoms with Crippen molar-refractivity contribution in [2.45, 2.75) is 25.4 Å². The third-order valence-corrected chi connectivity index (χ3v) is 3.07. The smallest absolute Gasteiger partial charge is 0.372 e. The number of halogens is 4. The number of hydrogen-bond donors (Lipinski definition) is 1. The van der Waals surface area contributed by atoms with Crippen LogP contribution in [0.2, 0.25) is 0 Å². The van der Waals surface area contributed by atoms with Gasteiger partial charge in [0.25, 0.3) is 0 Å². The molecule has 0 saturated heterocycles. The molecule has 0 aliphatic carbocycles. The molecule has 0 amide bonds. The van der Waals surface area contributed by atoms with Gasteiger partial charge in [0, 0.05) is 6.61 Å². The normalized spacial score (nSPS) is 13.4. The molecular formula is C15H21F4NO. The van der Waals surface area contributed by atoms with Gasteiger partial charge >= 0.3 is 6.18 Å². The first kappa shape index (κ1) is 17.9. The number of nitrogens with one attached hydrogen (secondary N) is 1. The third-order valence-electron chi connectivity index (χ3n) is 3.07. The van der Waals surface area contributed by atoms with Crippen LogP contribution in [0.3, 0.4) is 0 Å². The minimum atomic E-state index is -4.27. The zero-order valence-corrected chi connectivity index (χ0v) is 12.0. The van der Waals surface area contributed by atoms with Gasteiger partial charge in [-0.05, 0) is 56.5 Å². The Kier molecular flexibility index (Phi) is 7.67. The first-order chi connectivity index (χ1) is 9.90. The lowest BCUT2D eigenvalue weighted by Gasteiger charge is -2.17. The van der Waals surface area contributed by atoms with Crippen molar-refractivity contribution in [1.82, 2.24) is 5.32 Å². The van der Waals surface area contributed by atoms with Crippen LogP contribution in [0.5, 0.6) is 0 Å². The van der Waals surface area contributed by atoms with Crippen LogP contribution < -0.4 is 5.32 Å². The Labute approximate surface area is 122 Å². The maximum atomic E-state index is 13.1. The third kappa shape index (κ3) is 8.67. The lowest BCUT2D eigenvalue weighted by atomic mass is 9.95. The topological polar surface area (TPSA) is 21.3 Å². The van der Waals surface area contributed by atoms with Crippen LogP contribution in [0.1, 0.15) is 18.4 Å². The van der Waals surface area contributed by atoms with Gasteiger partial charge < -0.3 is 10.1 Å². The van der Waals surface area contributed by atoms with Crippen molar-refractivity contribution in [2.75, 3.05) is 26.8 Å². The van der Waals surface area contributed by atoms with E-state index in [1.54, 1.807) is 6.07 Å². The summed E-state index contributed by atoms with van der Waals surface area (Å²) in [6, 6.07) is 6.39. The van der Waals surface area contributed by atoms with E-state index in [2.05, 4.69) is 10.1 Å². The molecule has 1 aromatic carbocycles. The highest BCUT2D eigenvalue weighted by Gasteiger charge is 2.27. The average molecular weight is 307 g/mol. The highest BCUT2D eigenvalue weighted by molar-refractivity contribution is 5.16. The van der Waals surface area contributed by atoms with Crippen LogP contribution >= 0.6 is 0 Å². The molecular weight excluding hydrogens is 286 g/mol. The Balaban J connectivity index is 2.33. The Morgan fingerprint density at radius 2 is 2.05 bits per heavy atom. The van der Waals surface area contributed by atoms with Crippen LogP contribution in [0.25, 0.3) is 0 Å². The maximum Gasteiger partial charge on any atom is 0.411 e. The van der Waals surface area contributed by atoms with E-state index in [0.29, 0.717) is 12.8 Å². The molecule has 6 heteroatoms. The summed E-state index contributed by atoms with van der Waals surface area (Å²) in [6.07, 6.45) is -2.29. The number of benzene rings is 1. The van der Waals surface area contributed by atoms with Crippen molar-refractivity contribution in [3.63, 3.8) is 0 Å². The molecule has 0 radical (unpaired) electrons. The predicted octanol–water partition coefficient (Wildman–Crippen LogP) is 3.56. The van der Waals surface area contributed by atoms with E-state index < -0.39 is 12.8 Å². The van der Waals surface area contributed by atoms with Crippen molar-refractivity contribution in [3.8, 4) is 0 Å². The average Bonchev–Trinajstić information content (AvgIpc) is 2.37. The van der Waals surface area contributed by atoms with Gasteiger partial charge in [-0.1, -0.05) is 12.1 Å². The highest BCUT2D eigenvalue weighted by Crippen LogP contribution is 2.17. The van der Waals surface area contributed by atoms with E-state index in [1.807, 2.05) is 13.1 Å². The minimum absolute atomic E-state index is 0.0862. The molecule has 2 nitrogen and oxygen atoms in total. The summed E-state index contributed by atoms with van der Waals surface area (Å²) in [5, 5.41) is 3.05. The van der Waals surface area contributed by atoms with Crippen LogP contribution in [-0.2, 0) is 11.2 Å². The fourth-order valence-corrected chi connectivity index (χ4v) is 2.22. The van der Waals surface area contributed by atoms with Crippen molar-refractivity contribution >= 4 is 0 Å². The Morgan fingerprint density at radius 1 is 1.29 bits per heavy atom. The number of rotatable bonds is 9. The molecule has 21 heavy (non-hydrogen) atoms. The SMILES string of the molecule is CNCC(CCCOCC(F)(F)F)Cc1cccc(F)c1. The van der Waals surface area contributed by atoms with Crippen molar-refractivity contribution in [2.24, 2.45) is 5.92 Å². The Hall–Kier alpha value is -1.14. The van der Waals surface area contributed by atoms with Gasteiger partial charge in [0.1, 0.15) is 12.4 Å². The van der Waals surface area contributed by atoms with E-state index in [-0.39, 0.29) is 18.3 Å². The van der Waals surface area contributed by atoms with E-state index in [4.69, 9.17) is 0 Å². The predicted molar refractivity (Wildman–Crippen MR) is 73.6 cm³/mol. The molecule has 0 aliphatic heterocycles. The van der Waals surface area contributed by atoms with E-state index >= 15 is 0 Å².